The van der Waals surface area contributed by atoms with Crippen LogP contribution in [-0.4, -0.2) is 24.1 Å². The Morgan fingerprint density at radius 1 is 0.955 bits per heavy atom. The molecule has 22 heavy (non-hydrogen) atoms. The third-order valence-corrected chi connectivity index (χ3v) is 3.62. The molecule has 2 amide bonds. The Labute approximate surface area is 135 Å². The minimum absolute atomic E-state index is 0.102. The zero-order chi connectivity index (χ0) is 15.8. The van der Waals surface area contributed by atoms with Crippen LogP contribution in [0.3, 0.4) is 0 Å². The van der Waals surface area contributed by atoms with Crippen LogP contribution in [0, 0.1) is 0 Å². The van der Waals surface area contributed by atoms with Gasteiger partial charge in [0.05, 0.1) is 0 Å². The van der Waals surface area contributed by atoms with E-state index in [0.717, 1.165) is 28.6 Å². The van der Waals surface area contributed by atoms with Crippen molar-refractivity contribution in [2.75, 3.05) is 17.6 Å². The van der Waals surface area contributed by atoms with Crippen LogP contribution in [0.4, 0.5) is 5.69 Å². The summed E-state index contributed by atoms with van der Waals surface area (Å²) < 4.78 is 0. The van der Waals surface area contributed by atoms with Crippen molar-refractivity contribution in [2.45, 2.75) is 19.3 Å². The van der Waals surface area contributed by atoms with E-state index in [4.69, 9.17) is 0 Å². The average Bonchev–Trinajstić information content (AvgIpc) is 2.54. The minimum atomic E-state index is -0.152. The number of anilines is 1. The third-order valence-electron chi connectivity index (χ3n) is 3.30. The normalized spacial score (nSPS) is 10.4. The molecular formula is C17H20N2O2S. The van der Waals surface area contributed by atoms with Gasteiger partial charge in [-0.2, -0.15) is 12.6 Å². The number of thiol groups is 1. The maximum atomic E-state index is 12.0. The molecule has 5 heteroatoms. The van der Waals surface area contributed by atoms with E-state index in [9.17, 15) is 9.59 Å². The molecule has 0 fully saturated rings. The SMILES string of the molecule is O=C(CCC(=O)Nc1cccc2ccccc12)NCCCS. The van der Waals surface area contributed by atoms with Gasteiger partial charge in [0.1, 0.15) is 0 Å². The lowest BCUT2D eigenvalue weighted by Crippen LogP contribution is -2.26. The highest BCUT2D eigenvalue weighted by molar-refractivity contribution is 7.80. The molecule has 4 nitrogen and oxygen atoms in total. The van der Waals surface area contributed by atoms with Crippen LogP contribution in [0.2, 0.25) is 0 Å². The summed E-state index contributed by atoms with van der Waals surface area (Å²) in [5.41, 5.74) is 0.776. The van der Waals surface area contributed by atoms with Gasteiger partial charge in [-0.1, -0.05) is 36.4 Å². The van der Waals surface area contributed by atoms with E-state index in [1.165, 1.54) is 0 Å². The highest BCUT2D eigenvalue weighted by atomic mass is 32.1. The molecular weight excluding hydrogens is 296 g/mol. The van der Waals surface area contributed by atoms with E-state index in [0.29, 0.717) is 6.54 Å². The Bertz CT molecular complexity index is 653. The van der Waals surface area contributed by atoms with Crippen molar-refractivity contribution >= 4 is 40.9 Å². The second-order valence-corrected chi connectivity index (χ2v) is 5.45. The number of rotatable bonds is 7. The fraction of sp³-hybridized carbons (Fsp3) is 0.294. The van der Waals surface area contributed by atoms with Crippen LogP contribution < -0.4 is 10.6 Å². The first-order chi connectivity index (χ1) is 10.7. The zero-order valence-corrected chi connectivity index (χ0v) is 13.2. The predicted octanol–water partition coefficient (Wildman–Crippen LogP) is 2.99. The molecule has 116 valence electrons. The summed E-state index contributed by atoms with van der Waals surface area (Å²) in [5, 5.41) is 7.71. The van der Waals surface area contributed by atoms with Crippen molar-refractivity contribution in [1.29, 1.82) is 0 Å². The Kier molecular flexibility index (Phi) is 6.27. The number of hydrogen-bond acceptors (Lipinski definition) is 3. The standard InChI is InChI=1S/C17H20N2O2S/c20-16(18-11-4-12-22)9-10-17(21)19-15-8-3-6-13-5-1-2-7-14(13)15/h1-3,5-8,22H,4,9-12H2,(H,18,20)(H,19,21). The van der Waals surface area contributed by atoms with Crippen molar-refractivity contribution < 1.29 is 9.59 Å². The first kappa shape index (κ1) is 16.4. The van der Waals surface area contributed by atoms with Crippen LogP contribution in [0.1, 0.15) is 19.3 Å². The Hall–Kier alpha value is -2.01. The fourth-order valence-corrected chi connectivity index (χ4v) is 2.33. The summed E-state index contributed by atoms with van der Waals surface area (Å²) in [7, 11) is 0. The number of amides is 2. The Balaban J connectivity index is 1.87. The molecule has 0 spiro atoms. The summed E-state index contributed by atoms with van der Waals surface area (Å²) >= 11 is 4.08. The summed E-state index contributed by atoms with van der Waals surface area (Å²) in [4.78, 5) is 23.6. The lowest BCUT2D eigenvalue weighted by atomic mass is 10.1. The van der Waals surface area contributed by atoms with Gasteiger partial charge in [-0.3, -0.25) is 9.59 Å². The highest BCUT2D eigenvalue weighted by Crippen LogP contribution is 2.23. The Morgan fingerprint density at radius 2 is 1.68 bits per heavy atom. The van der Waals surface area contributed by atoms with Gasteiger partial charge in [0, 0.05) is 30.5 Å². The first-order valence-corrected chi connectivity index (χ1v) is 7.99. The van der Waals surface area contributed by atoms with Gasteiger partial charge in [-0.25, -0.2) is 0 Å². The first-order valence-electron chi connectivity index (χ1n) is 7.36. The molecule has 0 aliphatic rings. The van der Waals surface area contributed by atoms with Gasteiger partial charge in [-0.05, 0) is 23.6 Å². The van der Waals surface area contributed by atoms with Crippen LogP contribution in [0.25, 0.3) is 10.8 Å². The van der Waals surface area contributed by atoms with Crippen molar-refractivity contribution in [3.05, 3.63) is 42.5 Å². The van der Waals surface area contributed by atoms with Crippen molar-refractivity contribution in [2.24, 2.45) is 0 Å². The number of fused-ring (bicyclic) bond motifs is 1. The number of nitrogens with one attached hydrogen (secondary N) is 2. The molecule has 0 aliphatic carbocycles. The van der Waals surface area contributed by atoms with Gasteiger partial charge in [0.2, 0.25) is 11.8 Å². The highest BCUT2D eigenvalue weighted by Gasteiger charge is 2.08. The lowest BCUT2D eigenvalue weighted by Gasteiger charge is -2.09. The van der Waals surface area contributed by atoms with E-state index in [-0.39, 0.29) is 24.7 Å². The average molecular weight is 316 g/mol. The quantitative estimate of drug-likeness (QED) is 0.543. The summed E-state index contributed by atoms with van der Waals surface area (Å²) in [6.45, 7) is 0.604. The van der Waals surface area contributed by atoms with E-state index >= 15 is 0 Å². The molecule has 0 radical (unpaired) electrons. The van der Waals surface area contributed by atoms with E-state index in [2.05, 4.69) is 23.3 Å². The molecule has 2 rings (SSSR count). The third kappa shape index (κ3) is 4.77. The molecule has 0 bridgehead atoms. The lowest BCUT2D eigenvalue weighted by molar-refractivity contribution is -0.124. The van der Waals surface area contributed by atoms with Crippen molar-refractivity contribution in [1.82, 2.24) is 5.32 Å². The summed E-state index contributed by atoms with van der Waals surface area (Å²) in [6, 6.07) is 13.6. The van der Waals surface area contributed by atoms with Crippen LogP contribution in [0.15, 0.2) is 42.5 Å². The largest absolute Gasteiger partial charge is 0.356 e. The number of carbonyl (C=O) groups excluding carboxylic acids is 2. The number of carbonyl (C=O) groups is 2. The zero-order valence-electron chi connectivity index (χ0n) is 12.3. The molecule has 0 saturated heterocycles. The minimum Gasteiger partial charge on any atom is -0.356 e. The van der Waals surface area contributed by atoms with E-state index in [1.54, 1.807) is 0 Å². The van der Waals surface area contributed by atoms with Gasteiger partial charge in [0.15, 0.2) is 0 Å². The molecule has 0 atom stereocenters. The second kappa shape index (κ2) is 8.44. The molecule has 2 aromatic carbocycles. The maximum absolute atomic E-state index is 12.0. The van der Waals surface area contributed by atoms with E-state index < -0.39 is 0 Å². The molecule has 2 N–H and O–H groups in total. The van der Waals surface area contributed by atoms with E-state index in [1.807, 2.05) is 42.5 Å². The van der Waals surface area contributed by atoms with Crippen molar-refractivity contribution in [3.8, 4) is 0 Å². The molecule has 0 aliphatic heterocycles. The molecule has 0 aromatic heterocycles. The van der Waals surface area contributed by atoms with Gasteiger partial charge < -0.3 is 10.6 Å². The smallest absolute Gasteiger partial charge is 0.224 e. The summed E-state index contributed by atoms with van der Waals surface area (Å²) in [6.07, 6.45) is 1.20. The predicted molar refractivity (Wildman–Crippen MR) is 93.3 cm³/mol. The van der Waals surface area contributed by atoms with Crippen molar-refractivity contribution in [3.63, 3.8) is 0 Å². The van der Waals surface area contributed by atoms with Gasteiger partial charge >= 0.3 is 0 Å². The number of benzene rings is 2. The van der Waals surface area contributed by atoms with Crippen LogP contribution in [-0.2, 0) is 9.59 Å². The molecule has 0 unspecified atom stereocenters. The monoisotopic (exact) mass is 316 g/mol. The maximum Gasteiger partial charge on any atom is 0.224 e. The molecule has 2 aromatic rings. The Morgan fingerprint density at radius 3 is 2.50 bits per heavy atom. The molecule has 0 saturated carbocycles. The summed E-state index contributed by atoms with van der Waals surface area (Å²) in [5.74, 6) is 0.484. The number of hydrogen-bond donors (Lipinski definition) is 3. The van der Waals surface area contributed by atoms with Gasteiger partial charge in [0.25, 0.3) is 0 Å². The van der Waals surface area contributed by atoms with Gasteiger partial charge in [-0.15, -0.1) is 0 Å². The fourth-order valence-electron chi connectivity index (χ4n) is 2.17. The van der Waals surface area contributed by atoms with Crippen LogP contribution >= 0.6 is 12.6 Å². The molecule has 0 heterocycles. The second-order valence-electron chi connectivity index (χ2n) is 5.00. The topological polar surface area (TPSA) is 58.2 Å². The van der Waals surface area contributed by atoms with Crippen LogP contribution in [0.5, 0.6) is 0 Å².